The third kappa shape index (κ3) is 1.75. The lowest BCUT2D eigenvalue weighted by Gasteiger charge is -2.17. The maximum atomic E-state index is 9.98. The number of hydrogen-bond acceptors (Lipinski definition) is 8. The van der Waals surface area contributed by atoms with E-state index in [-0.39, 0.29) is 5.82 Å². The van der Waals surface area contributed by atoms with Crippen molar-refractivity contribution in [1.82, 2.24) is 19.5 Å². The lowest BCUT2D eigenvalue weighted by molar-refractivity contribution is -0.0437. The van der Waals surface area contributed by atoms with Crippen LogP contribution in [-0.4, -0.2) is 54.6 Å². The van der Waals surface area contributed by atoms with Gasteiger partial charge in [0.2, 0.25) is 0 Å². The monoisotopic (exact) mass is 267 g/mol. The number of imidazole rings is 1. The zero-order valence-electron chi connectivity index (χ0n) is 10.8. The van der Waals surface area contributed by atoms with Crippen molar-refractivity contribution in [1.29, 1.82) is 0 Å². The number of anilines is 1. The number of rotatable bonds is 2. The van der Waals surface area contributed by atoms with Crippen molar-refractivity contribution in [2.45, 2.75) is 24.5 Å². The summed E-state index contributed by atoms with van der Waals surface area (Å²) < 4.78 is 14.7. The van der Waals surface area contributed by atoms with Gasteiger partial charge in [0, 0.05) is 0 Å². The zero-order valence-corrected chi connectivity index (χ0v) is 9.84. The van der Waals surface area contributed by atoms with Crippen molar-refractivity contribution < 1.29 is 16.3 Å². The first kappa shape index (κ1) is 11.1. The van der Waals surface area contributed by atoms with Crippen molar-refractivity contribution >= 4 is 17.0 Å². The van der Waals surface area contributed by atoms with E-state index in [2.05, 4.69) is 15.0 Å². The number of aliphatic hydroxyl groups excluding tert-OH is 1. The molecular weight excluding hydrogens is 252 g/mol. The fraction of sp³-hybridized carbons (Fsp3) is 0.500. The Morgan fingerprint density at radius 3 is 2.95 bits per heavy atom. The summed E-state index contributed by atoms with van der Waals surface area (Å²) in [6, 6.07) is -1.08. The van der Waals surface area contributed by atoms with E-state index in [4.69, 9.17) is 22.7 Å². The fourth-order valence-corrected chi connectivity index (χ4v) is 2.11. The SMILES string of the molecule is [2H][C@@]1(O)[C@@H](CO)OC(n2cnc3c(N)ncnc32)[C@@H]1N. The number of nitrogen functional groups attached to an aromatic ring is 1. The molecule has 0 bridgehead atoms. The first-order valence-corrected chi connectivity index (χ1v) is 5.64. The van der Waals surface area contributed by atoms with Crippen LogP contribution in [0.15, 0.2) is 12.7 Å². The predicted octanol–water partition coefficient (Wildman–Crippen LogP) is -2.01. The van der Waals surface area contributed by atoms with Gasteiger partial charge < -0.3 is 26.4 Å². The molecule has 1 aliphatic heterocycles. The minimum Gasteiger partial charge on any atom is -0.394 e. The molecule has 0 spiro atoms. The molecule has 0 aromatic carbocycles. The third-order valence-electron chi connectivity index (χ3n) is 3.11. The van der Waals surface area contributed by atoms with Gasteiger partial charge in [-0.3, -0.25) is 4.57 Å². The van der Waals surface area contributed by atoms with Crippen LogP contribution < -0.4 is 11.5 Å². The molecular formula is C10H14N6O3. The summed E-state index contributed by atoms with van der Waals surface area (Å²) in [5.41, 5.74) is 12.3. The summed E-state index contributed by atoms with van der Waals surface area (Å²) in [5.74, 6) is 0.208. The van der Waals surface area contributed by atoms with Crippen molar-refractivity contribution in [2.75, 3.05) is 12.3 Å². The van der Waals surface area contributed by atoms with Gasteiger partial charge in [0.15, 0.2) is 17.7 Å². The van der Waals surface area contributed by atoms with Gasteiger partial charge in [0.1, 0.15) is 24.0 Å². The van der Waals surface area contributed by atoms with E-state index in [0.717, 1.165) is 0 Å². The van der Waals surface area contributed by atoms with Crippen LogP contribution in [0.4, 0.5) is 5.82 Å². The fourth-order valence-electron chi connectivity index (χ4n) is 2.11. The highest BCUT2D eigenvalue weighted by Gasteiger charge is 2.42. The van der Waals surface area contributed by atoms with Crippen LogP contribution in [0.3, 0.4) is 0 Å². The van der Waals surface area contributed by atoms with Gasteiger partial charge in [-0.25, -0.2) is 15.0 Å². The van der Waals surface area contributed by atoms with Gasteiger partial charge >= 0.3 is 0 Å². The predicted molar refractivity (Wildman–Crippen MR) is 64.7 cm³/mol. The molecule has 0 aliphatic carbocycles. The Balaban J connectivity index is 2.06. The van der Waals surface area contributed by atoms with Gasteiger partial charge in [-0.1, -0.05) is 0 Å². The zero-order chi connectivity index (χ0) is 14.5. The number of aliphatic hydroxyl groups is 2. The molecule has 1 unspecified atom stereocenters. The largest absolute Gasteiger partial charge is 0.394 e. The van der Waals surface area contributed by atoms with E-state index in [0.29, 0.717) is 11.2 Å². The Morgan fingerprint density at radius 1 is 1.47 bits per heavy atom. The standard InChI is InChI=1S/C10H14N6O3/c11-5-7(18)4(1-17)19-10(5)16-3-15-6-8(12)13-2-14-9(6)16/h2-5,7,10,17-18H,1,11H2,(H2,12,13,14)/t4-,5-,7-,10?/m1/s1/i7D. The van der Waals surface area contributed by atoms with Gasteiger partial charge in [-0.05, 0) is 0 Å². The molecule has 19 heavy (non-hydrogen) atoms. The van der Waals surface area contributed by atoms with E-state index in [9.17, 15) is 5.11 Å². The van der Waals surface area contributed by atoms with Crippen LogP contribution in [0.1, 0.15) is 7.60 Å². The third-order valence-corrected chi connectivity index (χ3v) is 3.11. The summed E-state index contributed by atoms with van der Waals surface area (Å²) in [4.78, 5) is 11.9. The van der Waals surface area contributed by atoms with Crippen LogP contribution in [0.5, 0.6) is 0 Å². The molecule has 2 aromatic heterocycles. The number of aromatic nitrogens is 4. The summed E-state index contributed by atoms with van der Waals surface area (Å²) in [6.07, 6.45) is -1.43. The molecule has 1 aliphatic rings. The number of ether oxygens (including phenoxy) is 1. The topological polar surface area (TPSA) is 145 Å². The molecule has 1 saturated heterocycles. The molecule has 0 saturated carbocycles. The van der Waals surface area contributed by atoms with Crippen molar-refractivity contribution in [3.8, 4) is 0 Å². The number of fused-ring (bicyclic) bond motifs is 1. The van der Waals surface area contributed by atoms with Crippen LogP contribution >= 0.6 is 0 Å². The summed E-state index contributed by atoms with van der Waals surface area (Å²) in [7, 11) is 0. The van der Waals surface area contributed by atoms with E-state index in [1.165, 1.54) is 17.2 Å². The van der Waals surface area contributed by atoms with E-state index < -0.39 is 31.1 Å². The average molecular weight is 267 g/mol. The summed E-state index contributed by atoms with van der Waals surface area (Å²) in [5, 5.41) is 19.1. The molecule has 4 atom stereocenters. The second kappa shape index (κ2) is 4.38. The van der Waals surface area contributed by atoms with Crippen LogP contribution in [0, 0.1) is 0 Å². The van der Waals surface area contributed by atoms with Crippen molar-refractivity contribution in [3.05, 3.63) is 12.7 Å². The Labute approximate surface area is 109 Å². The Hall–Kier alpha value is -1.81. The summed E-state index contributed by atoms with van der Waals surface area (Å²) >= 11 is 0. The van der Waals surface area contributed by atoms with Crippen molar-refractivity contribution in [3.63, 3.8) is 0 Å². The molecule has 102 valence electrons. The quantitative estimate of drug-likeness (QED) is 0.488. The molecule has 3 rings (SSSR count). The second-order valence-electron chi connectivity index (χ2n) is 4.23. The molecule has 9 nitrogen and oxygen atoms in total. The average Bonchev–Trinajstić information content (AvgIpc) is 2.92. The highest BCUT2D eigenvalue weighted by Crippen LogP contribution is 2.30. The maximum absolute atomic E-state index is 9.98. The molecule has 0 radical (unpaired) electrons. The minimum absolute atomic E-state index is 0.208. The van der Waals surface area contributed by atoms with Gasteiger partial charge in [0.05, 0.1) is 20.3 Å². The number of nitrogens with two attached hydrogens (primary N) is 2. The molecule has 2 aromatic rings. The first-order valence-electron chi connectivity index (χ1n) is 6.14. The normalized spacial score (nSPS) is 35.7. The highest BCUT2D eigenvalue weighted by molar-refractivity contribution is 5.81. The Bertz CT molecular complexity index is 647. The van der Waals surface area contributed by atoms with Gasteiger partial charge in [-0.2, -0.15) is 0 Å². The van der Waals surface area contributed by atoms with Gasteiger partial charge in [0.25, 0.3) is 0 Å². The van der Waals surface area contributed by atoms with E-state index in [1.807, 2.05) is 0 Å². The second-order valence-corrected chi connectivity index (χ2v) is 4.23. The number of nitrogens with zero attached hydrogens (tertiary/aromatic N) is 4. The smallest absolute Gasteiger partial charge is 0.167 e. The van der Waals surface area contributed by atoms with Crippen molar-refractivity contribution in [2.24, 2.45) is 5.73 Å². The molecule has 1 fully saturated rings. The van der Waals surface area contributed by atoms with E-state index >= 15 is 0 Å². The molecule has 0 amide bonds. The first-order chi connectivity index (χ1) is 9.46. The molecule has 9 heteroatoms. The highest BCUT2D eigenvalue weighted by atomic mass is 16.5. The molecule has 6 N–H and O–H groups in total. The van der Waals surface area contributed by atoms with E-state index in [1.54, 1.807) is 0 Å². The Kier molecular flexibility index (Phi) is 2.55. The Morgan fingerprint density at radius 2 is 2.26 bits per heavy atom. The van der Waals surface area contributed by atoms with Crippen LogP contribution in [0.25, 0.3) is 11.2 Å². The van der Waals surface area contributed by atoms with Crippen LogP contribution in [0.2, 0.25) is 0 Å². The van der Waals surface area contributed by atoms with Crippen LogP contribution in [-0.2, 0) is 4.74 Å². The van der Waals surface area contributed by atoms with Gasteiger partial charge in [-0.15, -0.1) is 0 Å². The lowest BCUT2D eigenvalue weighted by atomic mass is 10.1. The lowest BCUT2D eigenvalue weighted by Crippen LogP contribution is -2.39. The summed E-state index contributed by atoms with van der Waals surface area (Å²) in [6.45, 7) is -0.520. The maximum Gasteiger partial charge on any atom is 0.167 e. The molecule has 3 heterocycles. The number of hydrogen-bond donors (Lipinski definition) is 4. The minimum atomic E-state index is -2.10.